The highest BCUT2D eigenvalue weighted by atomic mass is 35.5. The highest BCUT2D eigenvalue weighted by molar-refractivity contribution is 6.32. The van der Waals surface area contributed by atoms with Gasteiger partial charge in [-0.15, -0.1) is 0 Å². The highest BCUT2D eigenvalue weighted by Gasteiger charge is 2.27. The maximum atomic E-state index is 9.70. The minimum absolute atomic E-state index is 0.0429. The Bertz CT molecular complexity index is 395. The molecule has 3 unspecified atom stereocenters. The summed E-state index contributed by atoms with van der Waals surface area (Å²) in [4.78, 5) is 0. The standard InChI is InChI=1S/C13H18ClNO2/c1-8(15)9-5-6-12(10(14)7-9)17-13-4-2-3-11(13)16/h5-8,11,13,16H,2-4,15H2,1H3. The van der Waals surface area contributed by atoms with E-state index in [0.29, 0.717) is 10.8 Å². The van der Waals surface area contributed by atoms with Gasteiger partial charge in [0.25, 0.3) is 0 Å². The van der Waals surface area contributed by atoms with Crippen molar-refractivity contribution in [3.8, 4) is 5.75 Å². The molecule has 2 rings (SSSR count). The summed E-state index contributed by atoms with van der Waals surface area (Å²) < 4.78 is 5.73. The number of hydrogen-bond acceptors (Lipinski definition) is 3. The summed E-state index contributed by atoms with van der Waals surface area (Å²) in [7, 11) is 0. The van der Waals surface area contributed by atoms with E-state index in [9.17, 15) is 5.11 Å². The quantitative estimate of drug-likeness (QED) is 0.873. The van der Waals surface area contributed by atoms with Crippen LogP contribution in [0.25, 0.3) is 0 Å². The van der Waals surface area contributed by atoms with E-state index < -0.39 is 0 Å². The largest absolute Gasteiger partial charge is 0.486 e. The van der Waals surface area contributed by atoms with Gasteiger partial charge in [0, 0.05) is 6.04 Å². The Labute approximate surface area is 107 Å². The first-order valence-electron chi connectivity index (χ1n) is 5.97. The van der Waals surface area contributed by atoms with E-state index in [-0.39, 0.29) is 18.2 Å². The molecule has 0 radical (unpaired) electrons. The third kappa shape index (κ3) is 2.92. The summed E-state index contributed by atoms with van der Waals surface area (Å²) in [5, 5.41) is 10.3. The van der Waals surface area contributed by atoms with E-state index in [2.05, 4.69) is 0 Å². The van der Waals surface area contributed by atoms with E-state index in [1.807, 2.05) is 25.1 Å². The van der Waals surface area contributed by atoms with E-state index in [1.165, 1.54) is 0 Å². The fraction of sp³-hybridized carbons (Fsp3) is 0.538. The Morgan fingerprint density at radius 2 is 2.24 bits per heavy atom. The van der Waals surface area contributed by atoms with Gasteiger partial charge >= 0.3 is 0 Å². The molecule has 94 valence electrons. The number of hydrogen-bond donors (Lipinski definition) is 2. The summed E-state index contributed by atoms with van der Waals surface area (Å²) in [5.41, 5.74) is 6.76. The molecule has 3 nitrogen and oxygen atoms in total. The maximum Gasteiger partial charge on any atom is 0.138 e. The van der Waals surface area contributed by atoms with Crippen LogP contribution in [0.4, 0.5) is 0 Å². The predicted molar refractivity (Wildman–Crippen MR) is 68.3 cm³/mol. The molecule has 1 aliphatic carbocycles. The fourth-order valence-corrected chi connectivity index (χ4v) is 2.34. The molecule has 1 saturated carbocycles. The van der Waals surface area contributed by atoms with Crippen molar-refractivity contribution in [3.63, 3.8) is 0 Å². The van der Waals surface area contributed by atoms with Gasteiger partial charge in [-0.1, -0.05) is 17.7 Å². The number of ether oxygens (including phenoxy) is 1. The minimum Gasteiger partial charge on any atom is -0.486 e. The van der Waals surface area contributed by atoms with Crippen LogP contribution in [0.5, 0.6) is 5.75 Å². The van der Waals surface area contributed by atoms with Gasteiger partial charge in [-0.05, 0) is 43.9 Å². The number of benzene rings is 1. The van der Waals surface area contributed by atoms with E-state index in [4.69, 9.17) is 22.1 Å². The van der Waals surface area contributed by atoms with E-state index >= 15 is 0 Å². The van der Waals surface area contributed by atoms with Crippen molar-refractivity contribution in [2.75, 3.05) is 0 Å². The van der Waals surface area contributed by atoms with Gasteiger partial charge < -0.3 is 15.6 Å². The molecule has 0 aromatic heterocycles. The minimum atomic E-state index is -0.376. The van der Waals surface area contributed by atoms with Crippen molar-refractivity contribution in [2.24, 2.45) is 5.73 Å². The molecule has 0 heterocycles. The molecule has 1 fully saturated rings. The summed E-state index contributed by atoms with van der Waals surface area (Å²) in [6.07, 6.45) is 2.18. The smallest absolute Gasteiger partial charge is 0.138 e. The van der Waals surface area contributed by atoms with Crippen molar-refractivity contribution in [1.29, 1.82) is 0 Å². The lowest BCUT2D eigenvalue weighted by atomic mass is 10.1. The van der Waals surface area contributed by atoms with Gasteiger partial charge in [0.1, 0.15) is 11.9 Å². The van der Waals surface area contributed by atoms with Crippen molar-refractivity contribution in [2.45, 2.75) is 44.4 Å². The highest BCUT2D eigenvalue weighted by Crippen LogP contribution is 2.31. The van der Waals surface area contributed by atoms with Crippen molar-refractivity contribution < 1.29 is 9.84 Å². The Balaban J connectivity index is 2.11. The fourth-order valence-electron chi connectivity index (χ4n) is 2.10. The number of halogens is 1. The lowest BCUT2D eigenvalue weighted by molar-refractivity contribution is 0.0604. The first-order valence-corrected chi connectivity index (χ1v) is 6.35. The molecule has 0 spiro atoms. The maximum absolute atomic E-state index is 9.70. The molecule has 1 aliphatic rings. The van der Waals surface area contributed by atoms with E-state index in [0.717, 1.165) is 24.8 Å². The predicted octanol–water partition coefficient (Wildman–Crippen LogP) is 2.65. The van der Waals surface area contributed by atoms with Gasteiger partial charge in [-0.2, -0.15) is 0 Å². The first-order chi connectivity index (χ1) is 8.08. The molecule has 1 aromatic carbocycles. The summed E-state index contributed by atoms with van der Waals surface area (Å²) in [6.45, 7) is 1.91. The SMILES string of the molecule is CC(N)c1ccc(OC2CCCC2O)c(Cl)c1. The van der Waals surface area contributed by atoms with Crippen molar-refractivity contribution in [3.05, 3.63) is 28.8 Å². The second kappa shape index (κ2) is 5.25. The molecule has 4 heteroatoms. The van der Waals surface area contributed by atoms with Gasteiger partial charge in [0.05, 0.1) is 11.1 Å². The molecule has 1 aromatic rings. The molecular formula is C13H18ClNO2. The van der Waals surface area contributed by atoms with Crippen LogP contribution in [-0.4, -0.2) is 17.3 Å². The third-order valence-corrected chi connectivity index (χ3v) is 3.47. The second-order valence-electron chi connectivity index (χ2n) is 4.63. The lowest BCUT2D eigenvalue weighted by Crippen LogP contribution is -2.25. The van der Waals surface area contributed by atoms with Crippen LogP contribution in [0.1, 0.15) is 37.8 Å². The molecular weight excluding hydrogens is 238 g/mol. The zero-order valence-electron chi connectivity index (χ0n) is 9.90. The number of aliphatic hydroxyl groups excluding tert-OH is 1. The topological polar surface area (TPSA) is 55.5 Å². The van der Waals surface area contributed by atoms with Gasteiger partial charge in [-0.25, -0.2) is 0 Å². The average molecular weight is 256 g/mol. The third-order valence-electron chi connectivity index (χ3n) is 3.18. The molecule has 17 heavy (non-hydrogen) atoms. The Morgan fingerprint density at radius 3 is 2.76 bits per heavy atom. The van der Waals surface area contributed by atoms with Crippen LogP contribution < -0.4 is 10.5 Å². The zero-order chi connectivity index (χ0) is 12.4. The molecule has 0 bridgehead atoms. The molecule has 0 saturated heterocycles. The Hall–Kier alpha value is -0.770. The monoisotopic (exact) mass is 255 g/mol. The first kappa shape index (κ1) is 12.7. The zero-order valence-corrected chi connectivity index (χ0v) is 10.7. The van der Waals surface area contributed by atoms with Crippen LogP contribution >= 0.6 is 11.6 Å². The summed E-state index contributed by atoms with van der Waals surface area (Å²) >= 11 is 6.14. The van der Waals surface area contributed by atoms with Crippen LogP contribution in [0.15, 0.2) is 18.2 Å². The molecule has 3 atom stereocenters. The van der Waals surface area contributed by atoms with Crippen molar-refractivity contribution >= 4 is 11.6 Å². The Morgan fingerprint density at radius 1 is 1.47 bits per heavy atom. The number of rotatable bonds is 3. The molecule has 3 N–H and O–H groups in total. The van der Waals surface area contributed by atoms with E-state index in [1.54, 1.807) is 0 Å². The van der Waals surface area contributed by atoms with Gasteiger partial charge in [0.2, 0.25) is 0 Å². The summed E-state index contributed by atoms with van der Waals surface area (Å²) in [6, 6.07) is 5.51. The van der Waals surface area contributed by atoms with Gasteiger partial charge in [-0.3, -0.25) is 0 Å². The van der Waals surface area contributed by atoms with Gasteiger partial charge in [0.15, 0.2) is 0 Å². The second-order valence-corrected chi connectivity index (χ2v) is 5.04. The van der Waals surface area contributed by atoms with Crippen LogP contribution in [-0.2, 0) is 0 Å². The summed E-state index contributed by atoms with van der Waals surface area (Å²) in [5.74, 6) is 0.627. The molecule has 0 aliphatic heterocycles. The van der Waals surface area contributed by atoms with Crippen LogP contribution in [0.3, 0.4) is 0 Å². The average Bonchev–Trinajstić information content (AvgIpc) is 2.67. The Kier molecular flexibility index (Phi) is 3.92. The van der Waals surface area contributed by atoms with Crippen LogP contribution in [0.2, 0.25) is 5.02 Å². The van der Waals surface area contributed by atoms with Crippen molar-refractivity contribution in [1.82, 2.24) is 0 Å². The lowest BCUT2D eigenvalue weighted by Gasteiger charge is -2.18. The number of aliphatic hydroxyl groups is 1. The van der Waals surface area contributed by atoms with Crippen LogP contribution in [0, 0.1) is 0 Å². The normalized spacial score (nSPS) is 25.9. The number of nitrogens with two attached hydrogens (primary N) is 1. The molecule has 0 amide bonds.